The number of carbonyl (C=O) groups is 12. The first-order valence-electron chi connectivity index (χ1n) is 42.5. The standard InChI is InChI=1S/C41H36O8.C34H42O10.C31H32O4/c1-25(2)38(42)46-18-16-28-6-8-32-23-34(12-10-30(32)21-28)40(44)48-36-14-15-37(27(5)20-36)49-41(45)35-13-11-31-22-29(7-9-33(31)24-35)17-19-47-39(43)26(3)4;1-20(2)31(37)41-17-16-28(35)23-6-10-26(11-7-23)34(40)44-30-15-14-27(18-22(30)5)43-33(39)25-12-8-24(9-13-25)29(36)19-42-32(38)21(3)4;1-21(2)30(32)34-18-16-24-6-10-26(11-7-24)28-14-15-29(23(5)20-28)27-12-8-25(9-13-27)17-19-35-31(33)22(3)4/h6-15,20-24H,1,3,16-19H2,2,4-5H3;14-15,18,23-26H,1,3,6-13,16-17,19H2,2,4-5H3;6-15,20H,1,3,16-19H2,2,4-5H3. The molecule has 2 fully saturated rings. The maximum Gasteiger partial charge on any atom is 0.343 e. The lowest BCUT2D eigenvalue weighted by molar-refractivity contribution is -0.146. The molecule has 0 unspecified atom stereocenters. The van der Waals surface area contributed by atoms with Gasteiger partial charge in [-0.1, -0.05) is 155 Å². The van der Waals surface area contributed by atoms with Crippen LogP contribution in [-0.2, 0) is 102 Å². The molecule has 2 aliphatic carbocycles. The Bertz CT molecular complexity index is 5720. The number of fused-ring (bicyclic) bond motifs is 2. The molecule has 0 amide bonds. The van der Waals surface area contributed by atoms with E-state index in [1.54, 1.807) is 109 Å². The van der Waals surface area contributed by atoms with Gasteiger partial charge in [0.25, 0.3) is 0 Å². The molecule has 2 saturated carbocycles. The van der Waals surface area contributed by atoms with Crippen molar-refractivity contribution in [2.24, 2.45) is 23.7 Å². The summed E-state index contributed by atoms with van der Waals surface area (Å²) < 4.78 is 53.2. The highest BCUT2D eigenvalue weighted by atomic mass is 16.6. The molecule has 0 saturated heterocycles. The highest BCUT2D eigenvalue weighted by molar-refractivity contribution is 5.99. The summed E-state index contributed by atoms with van der Waals surface area (Å²) in [5.74, 6) is -4.27. The van der Waals surface area contributed by atoms with Crippen molar-refractivity contribution in [2.45, 2.75) is 146 Å². The monoisotopic (exact) mass is 1730 g/mol. The fourth-order valence-electron chi connectivity index (χ4n) is 14.1. The van der Waals surface area contributed by atoms with Gasteiger partial charge in [0.15, 0.2) is 12.4 Å². The third kappa shape index (κ3) is 29.6. The second-order valence-electron chi connectivity index (χ2n) is 32.4. The van der Waals surface area contributed by atoms with E-state index in [1.165, 1.54) is 18.1 Å². The van der Waals surface area contributed by atoms with Crippen molar-refractivity contribution in [3.8, 4) is 45.3 Å². The number of benzene rings is 9. The molecule has 0 heterocycles. The van der Waals surface area contributed by atoms with Gasteiger partial charge in [0.2, 0.25) is 0 Å². The molecule has 0 atom stereocenters. The van der Waals surface area contributed by atoms with Gasteiger partial charge in [0.1, 0.15) is 28.8 Å². The van der Waals surface area contributed by atoms with Crippen LogP contribution in [0.25, 0.3) is 43.8 Å². The second kappa shape index (κ2) is 47.3. The summed E-state index contributed by atoms with van der Waals surface area (Å²) in [7, 11) is 0. The molecular weight excluding hydrogens is 1630 g/mol. The number of rotatable bonds is 35. The average molecular weight is 1740 g/mol. The van der Waals surface area contributed by atoms with Gasteiger partial charge in [0.05, 0.1) is 56.0 Å². The molecule has 0 bridgehead atoms. The molecule has 22 nitrogen and oxygen atoms in total. The minimum Gasteiger partial charge on any atom is -0.462 e. The van der Waals surface area contributed by atoms with E-state index in [9.17, 15) is 57.5 Å². The van der Waals surface area contributed by atoms with E-state index in [1.807, 2.05) is 48.5 Å². The molecule has 9 aromatic rings. The molecule has 0 radical (unpaired) electrons. The van der Waals surface area contributed by atoms with Crippen LogP contribution >= 0.6 is 0 Å². The van der Waals surface area contributed by atoms with Gasteiger partial charge < -0.3 is 47.4 Å². The normalized spacial score (nSPS) is 14.3. The fraction of sp³-hybridized carbons (Fsp3) is 0.302. The Kier molecular flexibility index (Phi) is 36.2. The number of carbonyl (C=O) groups excluding carboxylic acids is 12. The summed E-state index contributed by atoms with van der Waals surface area (Å²) >= 11 is 0. The van der Waals surface area contributed by atoms with Crippen LogP contribution in [0.2, 0.25) is 0 Å². The maximum atomic E-state index is 13.0. The van der Waals surface area contributed by atoms with Crippen molar-refractivity contribution in [3.63, 3.8) is 0 Å². The van der Waals surface area contributed by atoms with Gasteiger partial charge in [0, 0.05) is 77.4 Å². The number of aryl methyl sites for hydroxylation is 3. The molecule has 0 aromatic heterocycles. The van der Waals surface area contributed by atoms with E-state index < -0.39 is 35.8 Å². The fourth-order valence-corrected chi connectivity index (χ4v) is 14.1. The minimum atomic E-state index is -0.597. The number of Topliss-reactive ketones (excluding diaryl/α,β-unsaturated/α-hetero) is 2. The van der Waals surface area contributed by atoms with E-state index in [2.05, 4.69) is 113 Å². The first kappa shape index (κ1) is 97.8. The summed E-state index contributed by atoms with van der Waals surface area (Å²) in [5, 5.41) is 3.62. The number of hydrogen-bond acceptors (Lipinski definition) is 22. The van der Waals surface area contributed by atoms with Gasteiger partial charge >= 0.3 is 59.7 Å². The van der Waals surface area contributed by atoms with Crippen LogP contribution in [-0.4, -0.2) is 111 Å². The zero-order valence-electron chi connectivity index (χ0n) is 74.2. The van der Waals surface area contributed by atoms with Gasteiger partial charge in [-0.15, -0.1) is 0 Å². The van der Waals surface area contributed by atoms with Crippen molar-refractivity contribution in [2.75, 3.05) is 39.6 Å². The lowest BCUT2D eigenvalue weighted by Gasteiger charge is -2.26. The summed E-state index contributed by atoms with van der Waals surface area (Å²) in [5.41, 5.74) is 14.2. The molecule has 9 aromatic carbocycles. The molecule has 128 heavy (non-hydrogen) atoms. The van der Waals surface area contributed by atoms with Crippen LogP contribution < -0.4 is 18.9 Å². The van der Waals surface area contributed by atoms with Crippen LogP contribution in [0.15, 0.2) is 249 Å². The van der Waals surface area contributed by atoms with Crippen molar-refractivity contribution >= 4 is 92.8 Å². The second-order valence-corrected chi connectivity index (χ2v) is 32.4. The van der Waals surface area contributed by atoms with E-state index >= 15 is 0 Å². The van der Waals surface area contributed by atoms with E-state index in [-0.39, 0.29) is 103 Å². The first-order valence-corrected chi connectivity index (χ1v) is 42.5. The maximum absolute atomic E-state index is 13.0. The average Bonchev–Trinajstić information content (AvgIpc) is 0.801. The molecule has 11 rings (SSSR count). The lowest BCUT2D eigenvalue weighted by Crippen LogP contribution is -2.30. The summed E-state index contributed by atoms with van der Waals surface area (Å²) in [6, 6.07) is 55.1. The minimum absolute atomic E-state index is 0.0234. The van der Waals surface area contributed by atoms with Gasteiger partial charge in [-0.05, 0) is 257 Å². The third-order valence-corrected chi connectivity index (χ3v) is 21.7. The quantitative estimate of drug-likeness (QED) is 0.0154. The Labute approximate surface area is 747 Å². The number of esters is 10. The van der Waals surface area contributed by atoms with Crippen LogP contribution in [0.4, 0.5) is 0 Å². The topological polar surface area (TPSA) is 297 Å². The molecule has 0 aliphatic heterocycles. The predicted octanol–water partition coefficient (Wildman–Crippen LogP) is 19.9. The molecule has 0 N–H and O–H groups in total. The van der Waals surface area contributed by atoms with Crippen molar-refractivity contribution in [1.82, 2.24) is 0 Å². The SMILES string of the molecule is C=C(C)C(=O)OCCC(=O)C1CCC(C(=O)Oc2ccc(OC(=O)C3CCC(C(=O)COC(=O)C(=C)C)CC3)cc2C)CC1.C=C(C)C(=O)OCCc1ccc(-c2ccc(-c3ccc(CCOC(=O)C(=C)C)cc3)c(C)c2)cc1.C=C(C)C(=O)OCCc1ccc2cc(C(=O)Oc3ccc(OC(=O)c4ccc5cc(CCOC(=O)C(=C)C)ccc5c4)c(C)c3)ccc2c1. The summed E-state index contributed by atoms with van der Waals surface area (Å²) in [6.45, 7) is 37.5. The third-order valence-electron chi connectivity index (χ3n) is 21.7. The molecule has 0 spiro atoms. The van der Waals surface area contributed by atoms with Crippen LogP contribution in [0.3, 0.4) is 0 Å². The predicted molar refractivity (Wildman–Crippen MR) is 488 cm³/mol. The Hall–Kier alpha value is -14.0. The highest BCUT2D eigenvalue weighted by Gasteiger charge is 2.34. The molecule has 2 aliphatic rings. The zero-order chi connectivity index (χ0) is 92.8. The van der Waals surface area contributed by atoms with Gasteiger partial charge in [-0.3, -0.25) is 19.2 Å². The van der Waals surface area contributed by atoms with Gasteiger partial charge in [-0.2, -0.15) is 0 Å². The van der Waals surface area contributed by atoms with E-state index in [0.29, 0.717) is 158 Å². The number of ether oxygens (including phenoxy) is 10. The summed E-state index contributed by atoms with van der Waals surface area (Å²) in [4.78, 5) is 146. The molecule has 22 heteroatoms. The zero-order valence-corrected chi connectivity index (χ0v) is 74.2. The first-order chi connectivity index (χ1) is 61.0. The number of hydrogen-bond donors (Lipinski definition) is 0. The summed E-state index contributed by atoms with van der Waals surface area (Å²) in [6.07, 6.45) is 6.82. The van der Waals surface area contributed by atoms with Crippen LogP contribution in [0, 0.1) is 44.4 Å². The Morgan fingerprint density at radius 1 is 0.289 bits per heavy atom. The van der Waals surface area contributed by atoms with Crippen molar-refractivity contribution in [3.05, 3.63) is 299 Å². The number of ketones is 2. The van der Waals surface area contributed by atoms with E-state index in [4.69, 9.17) is 47.4 Å². The van der Waals surface area contributed by atoms with Crippen molar-refractivity contribution in [1.29, 1.82) is 0 Å². The Balaban J connectivity index is 0.000000220. The van der Waals surface area contributed by atoms with E-state index in [0.717, 1.165) is 60.5 Å². The molecule has 666 valence electrons. The van der Waals surface area contributed by atoms with Crippen LogP contribution in [0.1, 0.15) is 159 Å². The lowest BCUT2D eigenvalue weighted by atomic mass is 9.79. The Morgan fingerprint density at radius 3 is 1.05 bits per heavy atom. The van der Waals surface area contributed by atoms with Gasteiger partial charge in [-0.25, -0.2) is 38.4 Å². The smallest absolute Gasteiger partial charge is 0.343 e. The van der Waals surface area contributed by atoms with Crippen LogP contribution in [0.5, 0.6) is 23.0 Å². The Morgan fingerprint density at radius 2 is 0.625 bits per heavy atom. The largest absolute Gasteiger partial charge is 0.462 e. The van der Waals surface area contributed by atoms with Crippen molar-refractivity contribution < 1.29 is 105 Å². The highest BCUT2D eigenvalue weighted by Crippen LogP contribution is 2.37. The molecular formula is C106H110O22.